The van der Waals surface area contributed by atoms with Crippen LogP contribution < -0.4 is 15.6 Å². The van der Waals surface area contributed by atoms with E-state index < -0.39 is 39.5 Å². The van der Waals surface area contributed by atoms with Crippen LogP contribution in [0.1, 0.15) is 49.7 Å². The number of halogens is 3. The molecule has 2 aromatic rings. The second-order valence-electron chi connectivity index (χ2n) is 7.00. The van der Waals surface area contributed by atoms with E-state index in [1.54, 1.807) is 0 Å². The summed E-state index contributed by atoms with van der Waals surface area (Å²) >= 11 is 1.37. The van der Waals surface area contributed by atoms with Crippen LogP contribution in [-0.4, -0.2) is 33.0 Å². The molecule has 2 amide bonds. The minimum Gasteiger partial charge on any atom is -0.267 e. The lowest BCUT2D eigenvalue weighted by Gasteiger charge is -2.11. The van der Waals surface area contributed by atoms with Crippen molar-refractivity contribution in [1.82, 2.24) is 15.6 Å². The number of rotatable bonds is 5. The summed E-state index contributed by atoms with van der Waals surface area (Å²) in [6.07, 6.45) is 0.408. The van der Waals surface area contributed by atoms with E-state index in [0.717, 1.165) is 49.8 Å². The minimum absolute atomic E-state index is 0.142. The molecule has 1 heterocycles. The third kappa shape index (κ3) is 6.28. The lowest BCUT2D eigenvalue weighted by molar-refractivity contribution is -0.121. The minimum atomic E-state index is -4.72. The normalized spacial score (nSPS) is 14.4. The molecule has 12 heteroatoms. The van der Waals surface area contributed by atoms with Crippen LogP contribution in [0.2, 0.25) is 0 Å². The maximum absolute atomic E-state index is 12.4. The number of thiophene rings is 1. The standard InChI is InChI=1S/C19H20F3N3O4S2/c20-19(21,22)11-23-31(28,29)14-7-4-6-13(9-14)17(26)24-25-18(27)16-10-12-5-2-1-3-8-15(12)30-16/h4,6-7,9-10,23H,1-3,5,8,11H2,(H,24,26)(H,25,27). The molecule has 0 spiro atoms. The average molecular weight is 476 g/mol. The summed E-state index contributed by atoms with van der Waals surface area (Å²) in [5.74, 6) is -1.30. The van der Waals surface area contributed by atoms with Gasteiger partial charge in [-0.25, -0.2) is 13.1 Å². The third-order valence-corrected chi connectivity index (χ3v) is 7.26. The number of carbonyl (C=O) groups excluding carboxylic acids is 2. The van der Waals surface area contributed by atoms with Gasteiger partial charge in [0.1, 0.15) is 6.54 Å². The molecule has 1 aliphatic rings. The SMILES string of the molecule is O=C(NNC(=O)c1cc2c(s1)CCCCC2)c1cccc(S(=O)(=O)NCC(F)(F)F)c1. The predicted molar refractivity (Wildman–Crippen MR) is 108 cm³/mol. The molecule has 0 atom stereocenters. The van der Waals surface area contributed by atoms with Crippen molar-refractivity contribution in [1.29, 1.82) is 0 Å². The van der Waals surface area contributed by atoms with Crippen LogP contribution in [0.25, 0.3) is 0 Å². The molecule has 31 heavy (non-hydrogen) atoms. The van der Waals surface area contributed by atoms with Crippen LogP contribution in [0, 0.1) is 0 Å². The van der Waals surface area contributed by atoms with Gasteiger partial charge < -0.3 is 0 Å². The molecular weight excluding hydrogens is 455 g/mol. The lowest BCUT2D eigenvalue weighted by Crippen LogP contribution is -2.41. The highest BCUT2D eigenvalue weighted by molar-refractivity contribution is 7.89. The maximum Gasteiger partial charge on any atom is 0.402 e. The summed E-state index contributed by atoms with van der Waals surface area (Å²) in [6, 6.07) is 6.29. The van der Waals surface area contributed by atoms with Crippen LogP contribution in [0.3, 0.4) is 0 Å². The van der Waals surface area contributed by atoms with E-state index in [4.69, 9.17) is 0 Å². The number of nitrogens with one attached hydrogen (secondary N) is 3. The van der Waals surface area contributed by atoms with Crippen molar-refractivity contribution in [3.8, 4) is 0 Å². The van der Waals surface area contributed by atoms with Gasteiger partial charge in [0.25, 0.3) is 11.8 Å². The Hall–Kier alpha value is -2.44. The van der Waals surface area contributed by atoms with Crippen LogP contribution >= 0.6 is 11.3 Å². The number of sulfonamides is 1. The highest BCUT2D eigenvalue weighted by atomic mass is 32.2. The highest BCUT2D eigenvalue weighted by Crippen LogP contribution is 2.28. The second kappa shape index (κ2) is 9.37. The first-order valence-electron chi connectivity index (χ1n) is 9.44. The fourth-order valence-corrected chi connectivity index (χ4v) is 5.30. The van der Waals surface area contributed by atoms with Crippen molar-refractivity contribution in [2.75, 3.05) is 6.54 Å². The molecule has 3 rings (SSSR count). The summed E-state index contributed by atoms with van der Waals surface area (Å²) in [4.78, 5) is 25.8. The van der Waals surface area contributed by atoms with Crippen molar-refractivity contribution in [3.63, 3.8) is 0 Å². The number of fused-ring (bicyclic) bond motifs is 1. The average Bonchev–Trinajstić information content (AvgIpc) is 3.00. The van der Waals surface area contributed by atoms with E-state index in [1.807, 2.05) is 6.07 Å². The summed E-state index contributed by atoms with van der Waals surface area (Å²) in [5, 5.41) is 0. The molecule has 1 aromatic heterocycles. The molecular formula is C19H20F3N3O4S2. The van der Waals surface area contributed by atoms with Crippen molar-refractivity contribution in [2.24, 2.45) is 0 Å². The Kier molecular flexibility index (Phi) is 7.02. The number of aryl methyl sites for hydroxylation is 2. The summed E-state index contributed by atoms with van der Waals surface area (Å²) in [6.45, 7) is -1.73. The topological polar surface area (TPSA) is 104 Å². The fraction of sp³-hybridized carbons (Fsp3) is 0.368. The Morgan fingerprint density at radius 1 is 1.00 bits per heavy atom. The Bertz CT molecular complexity index is 1060. The smallest absolute Gasteiger partial charge is 0.267 e. The van der Waals surface area contributed by atoms with E-state index in [2.05, 4.69) is 10.9 Å². The van der Waals surface area contributed by atoms with Gasteiger partial charge in [0.05, 0.1) is 9.77 Å². The predicted octanol–water partition coefficient (Wildman–Crippen LogP) is 2.93. The van der Waals surface area contributed by atoms with Crippen LogP contribution in [-0.2, 0) is 22.9 Å². The number of carbonyl (C=O) groups is 2. The van der Waals surface area contributed by atoms with Gasteiger partial charge in [-0.1, -0.05) is 12.5 Å². The van der Waals surface area contributed by atoms with E-state index in [0.29, 0.717) is 4.88 Å². The summed E-state index contributed by atoms with van der Waals surface area (Å²) in [7, 11) is -4.46. The van der Waals surface area contributed by atoms with E-state index in [-0.39, 0.29) is 5.56 Å². The molecule has 0 saturated carbocycles. The monoisotopic (exact) mass is 475 g/mol. The molecule has 0 saturated heterocycles. The maximum atomic E-state index is 12.4. The number of alkyl halides is 3. The number of hydrogen-bond donors (Lipinski definition) is 3. The first-order chi connectivity index (χ1) is 14.5. The number of hydrogen-bond acceptors (Lipinski definition) is 5. The molecule has 0 unspecified atom stereocenters. The summed E-state index contributed by atoms with van der Waals surface area (Å²) in [5.41, 5.74) is 5.48. The number of amides is 2. The van der Waals surface area contributed by atoms with Gasteiger partial charge in [-0.3, -0.25) is 20.4 Å². The highest BCUT2D eigenvalue weighted by Gasteiger charge is 2.30. The molecule has 168 valence electrons. The van der Waals surface area contributed by atoms with E-state index >= 15 is 0 Å². The Morgan fingerprint density at radius 3 is 2.45 bits per heavy atom. The van der Waals surface area contributed by atoms with Crippen LogP contribution in [0.15, 0.2) is 35.2 Å². The quantitative estimate of drug-likeness (QED) is 0.457. The lowest BCUT2D eigenvalue weighted by atomic mass is 10.1. The molecule has 3 N–H and O–H groups in total. The first kappa shape index (κ1) is 23.2. The molecule has 0 fully saturated rings. The summed E-state index contributed by atoms with van der Waals surface area (Å²) < 4.78 is 62.3. The van der Waals surface area contributed by atoms with Gasteiger partial charge in [0.15, 0.2) is 0 Å². The molecule has 0 bridgehead atoms. The van der Waals surface area contributed by atoms with Gasteiger partial charge >= 0.3 is 6.18 Å². The zero-order chi connectivity index (χ0) is 22.6. The molecule has 0 radical (unpaired) electrons. The molecule has 7 nitrogen and oxygen atoms in total. The van der Waals surface area contributed by atoms with Gasteiger partial charge in [0.2, 0.25) is 10.0 Å². The zero-order valence-electron chi connectivity index (χ0n) is 16.2. The van der Waals surface area contributed by atoms with Crippen molar-refractivity contribution >= 4 is 33.2 Å². The Morgan fingerprint density at radius 2 is 1.71 bits per heavy atom. The second-order valence-corrected chi connectivity index (χ2v) is 9.90. The van der Waals surface area contributed by atoms with Crippen molar-refractivity contribution in [2.45, 2.75) is 43.2 Å². The zero-order valence-corrected chi connectivity index (χ0v) is 17.8. The first-order valence-corrected chi connectivity index (χ1v) is 11.7. The third-order valence-electron chi connectivity index (χ3n) is 4.63. The molecule has 0 aliphatic heterocycles. The van der Waals surface area contributed by atoms with Gasteiger partial charge in [-0.2, -0.15) is 13.2 Å². The number of hydrazine groups is 1. The van der Waals surface area contributed by atoms with Gasteiger partial charge in [-0.15, -0.1) is 11.3 Å². The van der Waals surface area contributed by atoms with Crippen LogP contribution in [0.5, 0.6) is 0 Å². The molecule has 1 aliphatic carbocycles. The molecule has 1 aromatic carbocycles. The fourth-order valence-electron chi connectivity index (χ4n) is 3.09. The van der Waals surface area contributed by atoms with Gasteiger partial charge in [-0.05, 0) is 55.5 Å². The van der Waals surface area contributed by atoms with Crippen LogP contribution in [0.4, 0.5) is 13.2 Å². The van der Waals surface area contributed by atoms with Crippen molar-refractivity contribution in [3.05, 3.63) is 51.2 Å². The van der Waals surface area contributed by atoms with Gasteiger partial charge in [0, 0.05) is 10.4 Å². The largest absolute Gasteiger partial charge is 0.402 e. The Balaban J connectivity index is 1.63. The van der Waals surface area contributed by atoms with Crippen molar-refractivity contribution < 1.29 is 31.2 Å². The van der Waals surface area contributed by atoms with E-state index in [1.165, 1.54) is 33.1 Å². The van der Waals surface area contributed by atoms with E-state index in [9.17, 15) is 31.2 Å². The Labute approximate surface area is 181 Å². The number of benzene rings is 1.